The minimum absolute atomic E-state index is 0.664. The van der Waals surface area contributed by atoms with E-state index in [4.69, 9.17) is 15.1 Å². The van der Waals surface area contributed by atoms with Crippen LogP contribution in [0.15, 0.2) is 249 Å². The molecule has 0 N–H and O–H groups in total. The van der Waals surface area contributed by atoms with Gasteiger partial charge in [0, 0.05) is 55.2 Å². The molecule has 0 aliphatic heterocycles. The van der Waals surface area contributed by atoms with Crippen molar-refractivity contribution in [1.82, 2.24) is 24.1 Å². The standard InChI is InChI=1S/C63H41N5/c1-5-19-42(20-6-1)55-41-56(43-35-37-49(38-36-43)67-57-33-15-13-29-51(57)52-30-14-16-34-58(52)67)65-63(64-55)48-28-17-27-47(39-48)50-31-18-32-53-54(50)40-59(44-21-7-2-8-22-44)68-62(53)60(45-23-9-3-10-24-45)61(66-68)46-25-11-4-12-26-46/h1-41H. The zero-order valence-electron chi connectivity index (χ0n) is 36.9. The number of nitrogens with zero attached hydrogens (tertiary/aromatic N) is 5. The van der Waals surface area contributed by atoms with Gasteiger partial charge in [-0.25, -0.2) is 14.5 Å². The second-order valence-corrected chi connectivity index (χ2v) is 17.2. The molecule has 318 valence electrons. The quantitative estimate of drug-likeness (QED) is 0.153. The first-order chi connectivity index (χ1) is 33.7. The van der Waals surface area contributed by atoms with Crippen LogP contribution < -0.4 is 0 Å². The summed E-state index contributed by atoms with van der Waals surface area (Å²) in [6.07, 6.45) is 0. The van der Waals surface area contributed by atoms with Gasteiger partial charge in [0.05, 0.1) is 33.6 Å². The van der Waals surface area contributed by atoms with Gasteiger partial charge in [-0.15, -0.1) is 0 Å². The summed E-state index contributed by atoms with van der Waals surface area (Å²) in [4.78, 5) is 10.6. The molecule has 13 aromatic rings. The van der Waals surface area contributed by atoms with Gasteiger partial charge in [-0.2, -0.15) is 5.10 Å². The smallest absolute Gasteiger partial charge is 0.160 e. The number of hydrogen-bond acceptors (Lipinski definition) is 3. The van der Waals surface area contributed by atoms with Crippen molar-refractivity contribution in [3.63, 3.8) is 0 Å². The highest BCUT2D eigenvalue weighted by Gasteiger charge is 2.23. The van der Waals surface area contributed by atoms with E-state index in [0.29, 0.717) is 5.82 Å². The number of fused-ring (bicyclic) bond motifs is 6. The predicted molar refractivity (Wildman–Crippen MR) is 281 cm³/mol. The molecule has 5 heteroatoms. The van der Waals surface area contributed by atoms with Crippen molar-refractivity contribution >= 4 is 38.1 Å². The molecular weight excluding hydrogens is 827 g/mol. The van der Waals surface area contributed by atoms with Crippen LogP contribution in [0, 0.1) is 0 Å². The van der Waals surface area contributed by atoms with Gasteiger partial charge in [0.1, 0.15) is 5.69 Å². The number of para-hydroxylation sites is 2. The van der Waals surface area contributed by atoms with Crippen molar-refractivity contribution in [2.24, 2.45) is 0 Å². The molecule has 0 aliphatic rings. The van der Waals surface area contributed by atoms with Crippen molar-refractivity contribution in [3.8, 4) is 84.4 Å². The van der Waals surface area contributed by atoms with Crippen LogP contribution in [0.3, 0.4) is 0 Å². The predicted octanol–water partition coefficient (Wildman–Crippen LogP) is 16.0. The Morgan fingerprint density at radius 1 is 0.324 bits per heavy atom. The summed E-state index contributed by atoms with van der Waals surface area (Å²) in [5.41, 5.74) is 17.8. The van der Waals surface area contributed by atoms with Gasteiger partial charge >= 0.3 is 0 Å². The molecule has 0 spiro atoms. The van der Waals surface area contributed by atoms with E-state index in [-0.39, 0.29) is 0 Å². The zero-order valence-corrected chi connectivity index (χ0v) is 36.9. The van der Waals surface area contributed by atoms with Gasteiger partial charge in [0.15, 0.2) is 5.82 Å². The third kappa shape index (κ3) is 6.68. The van der Waals surface area contributed by atoms with Gasteiger partial charge in [0.25, 0.3) is 0 Å². The second-order valence-electron chi connectivity index (χ2n) is 17.2. The van der Waals surface area contributed by atoms with Crippen LogP contribution in [0.5, 0.6) is 0 Å². The summed E-state index contributed by atoms with van der Waals surface area (Å²) in [6.45, 7) is 0. The van der Waals surface area contributed by atoms with Crippen LogP contribution in [-0.2, 0) is 0 Å². The van der Waals surface area contributed by atoms with Gasteiger partial charge in [-0.3, -0.25) is 0 Å². The van der Waals surface area contributed by atoms with E-state index in [1.807, 2.05) is 6.07 Å². The Balaban J connectivity index is 0.976. The van der Waals surface area contributed by atoms with E-state index in [1.54, 1.807) is 0 Å². The van der Waals surface area contributed by atoms with Crippen LogP contribution >= 0.6 is 0 Å². The average Bonchev–Trinajstić information content (AvgIpc) is 3.99. The summed E-state index contributed by atoms with van der Waals surface area (Å²) in [6, 6.07) is 87.9. The molecule has 68 heavy (non-hydrogen) atoms. The molecule has 0 fully saturated rings. The van der Waals surface area contributed by atoms with E-state index < -0.39 is 0 Å². The van der Waals surface area contributed by atoms with Crippen LogP contribution in [0.25, 0.3) is 122 Å². The largest absolute Gasteiger partial charge is 0.309 e. The molecule has 0 unspecified atom stereocenters. The molecule has 0 bridgehead atoms. The fourth-order valence-corrected chi connectivity index (χ4v) is 10.00. The van der Waals surface area contributed by atoms with E-state index in [9.17, 15) is 0 Å². The lowest BCUT2D eigenvalue weighted by Crippen LogP contribution is -1.98. The van der Waals surface area contributed by atoms with Gasteiger partial charge in [0.2, 0.25) is 0 Å². The first kappa shape index (κ1) is 39.2. The van der Waals surface area contributed by atoms with Gasteiger partial charge in [-0.05, 0) is 64.5 Å². The zero-order chi connectivity index (χ0) is 45.0. The van der Waals surface area contributed by atoms with Crippen molar-refractivity contribution < 1.29 is 0 Å². The third-order valence-electron chi connectivity index (χ3n) is 13.2. The number of pyridine rings is 1. The first-order valence-electron chi connectivity index (χ1n) is 23.0. The number of aromatic nitrogens is 5. The Kier molecular flexibility index (Phi) is 9.43. The van der Waals surface area contributed by atoms with Crippen LogP contribution in [0.2, 0.25) is 0 Å². The minimum atomic E-state index is 0.664. The van der Waals surface area contributed by atoms with Crippen molar-refractivity contribution in [1.29, 1.82) is 0 Å². The van der Waals surface area contributed by atoms with E-state index in [0.717, 1.165) is 94.8 Å². The maximum atomic E-state index is 5.45. The molecule has 13 rings (SSSR count). The highest BCUT2D eigenvalue weighted by Crippen LogP contribution is 2.43. The summed E-state index contributed by atoms with van der Waals surface area (Å²) in [5.74, 6) is 0.664. The summed E-state index contributed by atoms with van der Waals surface area (Å²) < 4.78 is 4.50. The Morgan fingerprint density at radius 3 is 1.47 bits per heavy atom. The summed E-state index contributed by atoms with van der Waals surface area (Å²) in [5, 5.41) is 10.2. The van der Waals surface area contributed by atoms with Gasteiger partial charge in [-0.1, -0.05) is 206 Å². The Labute approximate surface area is 393 Å². The van der Waals surface area contributed by atoms with Crippen molar-refractivity contribution in [2.75, 3.05) is 0 Å². The molecule has 9 aromatic carbocycles. The van der Waals surface area contributed by atoms with Crippen LogP contribution in [0.4, 0.5) is 0 Å². The number of rotatable bonds is 8. The summed E-state index contributed by atoms with van der Waals surface area (Å²) >= 11 is 0. The fraction of sp³-hybridized carbons (Fsp3) is 0. The van der Waals surface area contributed by atoms with E-state index in [2.05, 4.69) is 252 Å². The topological polar surface area (TPSA) is 48.0 Å². The van der Waals surface area contributed by atoms with Crippen LogP contribution in [-0.4, -0.2) is 24.1 Å². The molecule has 4 aromatic heterocycles. The molecule has 0 radical (unpaired) electrons. The second kappa shape index (κ2) is 16.4. The molecule has 0 atom stereocenters. The highest BCUT2D eigenvalue weighted by atomic mass is 15.2. The molecule has 0 saturated carbocycles. The maximum absolute atomic E-state index is 5.45. The summed E-state index contributed by atoms with van der Waals surface area (Å²) in [7, 11) is 0. The molecule has 0 saturated heterocycles. The maximum Gasteiger partial charge on any atom is 0.160 e. The van der Waals surface area contributed by atoms with E-state index >= 15 is 0 Å². The number of benzene rings is 9. The highest BCUT2D eigenvalue weighted by molar-refractivity contribution is 6.13. The Bertz CT molecular complexity index is 3930. The molecule has 5 nitrogen and oxygen atoms in total. The fourth-order valence-electron chi connectivity index (χ4n) is 10.00. The lowest BCUT2D eigenvalue weighted by molar-refractivity contribution is 0.979. The first-order valence-corrected chi connectivity index (χ1v) is 23.0. The average molecular weight is 868 g/mol. The van der Waals surface area contributed by atoms with Crippen LogP contribution in [0.1, 0.15) is 0 Å². The SMILES string of the molecule is c1ccc(-c2cc(-c3ccc(-n4c5ccccc5c5ccccc54)cc3)nc(-c3cccc(-c4cccc5c4cc(-c4ccccc4)n4nc(-c6ccccc6)c(-c6ccccc6)c54)c3)n2)cc1. The van der Waals surface area contributed by atoms with E-state index in [1.165, 1.54) is 21.8 Å². The molecular formula is C63H41N5. The monoisotopic (exact) mass is 867 g/mol. The lowest BCUT2D eigenvalue weighted by Gasteiger charge is -2.15. The van der Waals surface area contributed by atoms with Gasteiger partial charge < -0.3 is 4.57 Å². The molecule has 4 heterocycles. The van der Waals surface area contributed by atoms with Crippen molar-refractivity contribution in [3.05, 3.63) is 249 Å². The molecule has 0 aliphatic carbocycles. The Hall–Kier alpha value is -9.19. The third-order valence-corrected chi connectivity index (χ3v) is 13.2. The molecule has 0 amide bonds. The Morgan fingerprint density at radius 2 is 0.824 bits per heavy atom. The van der Waals surface area contributed by atoms with Crippen molar-refractivity contribution in [2.45, 2.75) is 0 Å². The normalized spacial score (nSPS) is 11.5. The lowest BCUT2D eigenvalue weighted by atomic mass is 9.93. The minimum Gasteiger partial charge on any atom is -0.309 e. The number of hydrogen-bond donors (Lipinski definition) is 0.